The van der Waals surface area contributed by atoms with Crippen molar-refractivity contribution < 1.29 is 22.9 Å². The molecule has 0 saturated carbocycles. The van der Waals surface area contributed by atoms with Gasteiger partial charge in [-0.05, 0) is 58.0 Å². The van der Waals surface area contributed by atoms with Crippen LogP contribution < -0.4 is 4.74 Å². The summed E-state index contributed by atoms with van der Waals surface area (Å²) >= 11 is 1.16. The SMILES string of the molecule is Cc1cc(-n2c(C)cc(C(=O)CSc3nnc(C(C)Oc4ccc(F)cc4)o3)c2C)no1. The molecular weight excluding hydrogens is 435 g/mol. The molecule has 4 rings (SSSR count). The summed E-state index contributed by atoms with van der Waals surface area (Å²) in [6.45, 7) is 7.34. The molecule has 0 fully saturated rings. The summed E-state index contributed by atoms with van der Waals surface area (Å²) in [6.07, 6.45) is -0.525. The van der Waals surface area contributed by atoms with Crippen molar-refractivity contribution in [2.24, 2.45) is 0 Å². The highest BCUT2D eigenvalue weighted by Crippen LogP contribution is 2.26. The van der Waals surface area contributed by atoms with E-state index in [4.69, 9.17) is 13.7 Å². The minimum atomic E-state index is -0.525. The Labute approximate surface area is 187 Å². The van der Waals surface area contributed by atoms with Gasteiger partial charge in [0, 0.05) is 23.0 Å². The first-order valence-electron chi connectivity index (χ1n) is 9.86. The molecule has 0 saturated heterocycles. The van der Waals surface area contributed by atoms with Crippen LogP contribution in [0.4, 0.5) is 4.39 Å². The predicted molar refractivity (Wildman–Crippen MR) is 115 cm³/mol. The number of hydrogen-bond acceptors (Lipinski definition) is 8. The molecule has 3 aromatic heterocycles. The molecule has 1 unspecified atom stereocenters. The number of halogens is 1. The molecule has 0 aliphatic rings. The maximum Gasteiger partial charge on any atom is 0.277 e. The van der Waals surface area contributed by atoms with E-state index in [2.05, 4.69) is 15.4 Å². The van der Waals surface area contributed by atoms with E-state index in [1.807, 2.05) is 37.5 Å². The van der Waals surface area contributed by atoms with Gasteiger partial charge in [0.1, 0.15) is 17.3 Å². The average Bonchev–Trinajstić information content (AvgIpc) is 3.47. The Bertz CT molecular complexity index is 1250. The van der Waals surface area contributed by atoms with Crippen molar-refractivity contribution >= 4 is 17.5 Å². The third kappa shape index (κ3) is 4.59. The zero-order valence-electron chi connectivity index (χ0n) is 18.0. The molecule has 0 aliphatic heterocycles. The van der Waals surface area contributed by atoms with Crippen molar-refractivity contribution in [3.8, 4) is 11.6 Å². The number of nitrogens with zero attached hydrogens (tertiary/aromatic N) is 4. The third-order valence-electron chi connectivity index (χ3n) is 4.80. The lowest BCUT2D eigenvalue weighted by Crippen LogP contribution is -2.05. The Morgan fingerprint density at radius 2 is 1.94 bits per heavy atom. The van der Waals surface area contributed by atoms with Crippen LogP contribution in [0.1, 0.15) is 46.4 Å². The van der Waals surface area contributed by atoms with Crippen LogP contribution in [0.2, 0.25) is 0 Å². The van der Waals surface area contributed by atoms with Gasteiger partial charge in [-0.1, -0.05) is 16.9 Å². The van der Waals surface area contributed by atoms with Crippen molar-refractivity contribution in [2.75, 3.05) is 5.75 Å². The number of ether oxygens (including phenoxy) is 1. The summed E-state index contributed by atoms with van der Waals surface area (Å²) in [4.78, 5) is 12.8. The topological polar surface area (TPSA) is 96.2 Å². The molecular formula is C22H21FN4O4S. The standard InChI is InChI=1S/C22H21FN4O4S/c1-12-9-18(14(3)27(12)20-10-13(2)31-26-20)19(28)11-32-22-25-24-21(30-22)15(4)29-17-7-5-16(23)6-8-17/h5-10,15H,11H2,1-4H3. The number of Topliss-reactive ketones (excluding diaryl/α,β-unsaturated/α-hetero) is 1. The third-order valence-corrected chi connectivity index (χ3v) is 5.62. The molecule has 0 bridgehead atoms. The summed E-state index contributed by atoms with van der Waals surface area (Å²) < 4.78 is 31.4. The highest BCUT2D eigenvalue weighted by Gasteiger charge is 2.21. The van der Waals surface area contributed by atoms with Crippen molar-refractivity contribution in [3.63, 3.8) is 0 Å². The van der Waals surface area contributed by atoms with E-state index in [1.165, 1.54) is 24.3 Å². The van der Waals surface area contributed by atoms with E-state index in [0.717, 1.165) is 23.1 Å². The van der Waals surface area contributed by atoms with Gasteiger partial charge >= 0.3 is 0 Å². The maximum absolute atomic E-state index is 13.0. The lowest BCUT2D eigenvalue weighted by Gasteiger charge is -2.10. The second kappa shape index (κ2) is 8.99. The highest BCUT2D eigenvalue weighted by molar-refractivity contribution is 7.99. The van der Waals surface area contributed by atoms with Crippen molar-refractivity contribution in [3.05, 3.63) is 70.8 Å². The average molecular weight is 456 g/mol. The zero-order chi connectivity index (χ0) is 22.8. The van der Waals surface area contributed by atoms with E-state index >= 15 is 0 Å². The molecule has 1 atom stereocenters. The number of aryl methyl sites for hydroxylation is 2. The van der Waals surface area contributed by atoms with Gasteiger partial charge in [-0.25, -0.2) is 4.39 Å². The molecule has 0 N–H and O–H groups in total. The van der Waals surface area contributed by atoms with Gasteiger partial charge in [-0.3, -0.25) is 9.36 Å². The number of carbonyl (C=O) groups is 1. The minimum absolute atomic E-state index is 0.0649. The van der Waals surface area contributed by atoms with Gasteiger partial charge in [-0.15, -0.1) is 10.2 Å². The molecule has 0 radical (unpaired) electrons. The Morgan fingerprint density at radius 1 is 1.19 bits per heavy atom. The van der Waals surface area contributed by atoms with E-state index in [1.54, 1.807) is 6.92 Å². The Morgan fingerprint density at radius 3 is 2.62 bits per heavy atom. The Kier molecular flexibility index (Phi) is 6.13. The summed E-state index contributed by atoms with van der Waals surface area (Å²) in [7, 11) is 0. The van der Waals surface area contributed by atoms with E-state index in [-0.39, 0.29) is 28.5 Å². The second-order valence-corrected chi connectivity index (χ2v) is 8.17. The van der Waals surface area contributed by atoms with Gasteiger partial charge in [-0.2, -0.15) is 0 Å². The first-order chi connectivity index (χ1) is 15.3. The second-order valence-electron chi connectivity index (χ2n) is 7.25. The number of aromatic nitrogens is 4. The van der Waals surface area contributed by atoms with Crippen LogP contribution in [0.25, 0.3) is 5.82 Å². The number of hydrogen-bond donors (Lipinski definition) is 0. The Hall–Kier alpha value is -3.40. The molecule has 3 heterocycles. The summed E-state index contributed by atoms with van der Waals surface area (Å²) in [5.41, 5.74) is 2.27. The quantitative estimate of drug-likeness (QED) is 0.269. The number of benzene rings is 1. The molecule has 0 aliphatic carbocycles. The van der Waals surface area contributed by atoms with E-state index in [0.29, 0.717) is 22.9 Å². The van der Waals surface area contributed by atoms with Crippen molar-refractivity contribution in [1.82, 2.24) is 19.9 Å². The van der Waals surface area contributed by atoms with Crippen LogP contribution in [0.15, 0.2) is 50.6 Å². The lowest BCUT2D eigenvalue weighted by molar-refractivity contribution is 0.102. The molecule has 32 heavy (non-hydrogen) atoms. The molecule has 4 aromatic rings. The fraction of sp³-hybridized carbons (Fsp3) is 0.273. The predicted octanol–water partition coefficient (Wildman–Crippen LogP) is 5.03. The summed E-state index contributed by atoms with van der Waals surface area (Å²) in [5, 5.41) is 12.3. The van der Waals surface area contributed by atoms with Gasteiger partial charge < -0.3 is 13.7 Å². The van der Waals surface area contributed by atoms with Gasteiger partial charge in [0.05, 0.1) is 5.75 Å². The largest absolute Gasteiger partial charge is 0.481 e. The van der Waals surface area contributed by atoms with Crippen LogP contribution >= 0.6 is 11.8 Å². The van der Waals surface area contributed by atoms with Crippen LogP contribution in [0, 0.1) is 26.6 Å². The van der Waals surface area contributed by atoms with Crippen LogP contribution in [0.3, 0.4) is 0 Å². The zero-order valence-corrected chi connectivity index (χ0v) is 18.8. The maximum atomic E-state index is 13.0. The van der Waals surface area contributed by atoms with Crippen molar-refractivity contribution in [1.29, 1.82) is 0 Å². The minimum Gasteiger partial charge on any atom is -0.481 e. The highest BCUT2D eigenvalue weighted by atomic mass is 32.2. The molecule has 0 spiro atoms. The molecule has 166 valence electrons. The van der Waals surface area contributed by atoms with Crippen LogP contribution in [-0.2, 0) is 0 Å². The van der Waals surface area contributed by atoms with Gasteiger partial charge in [0.25, 0.3) is 11.1 Å². The smallest absolute Gasteiger partial charge is 0.277 e. The first-order valence-corrected chi connectivity index (χ1v) is 10.8. The van der Waals surface area contributed by atoms with E-state index < -0.39 is 6.10 Å². The lowest BCUT2D eigenvalue weighted by atomic mass is 10.2. The molecule has 1 aromatic carbocycles. The normalized spacial score (nSPS) is 12.2. The number of carbonyl (C=O) groups excluding carboxylic acids is 1. The van der Waals surface area contributed by atoms with E-state index in [9.17, 15) is 9.18 Å². The molecule has 10 heteroatoms. The van der Waals surface area contributed by atoms with Crippen LogP contribution in [-0.4, -0.2) is 31.5 Å². The Balaban J connectivity index is 1.40. The summed E-state index contributed by atoms with van der Waals surface area (Å²) in [5.74, 6) is 1.81. The summed E-state index contributed by atoms with van der Waals surface area (Å²) in [6, 6.07) is 9.31. The fourth-order valence-electron chi connectivity index (χ4n) is 3.27. The monoisotopic (exact) mass is 456 g/mol. The molecule has 0 amide bonds. The van der Waals surface area contributed by atoms with Crippen LogP contribution in [0.5, 0.6) is 5.75 Å². The van der Waals surface area contributed by atoms with Gasteiger partial charge in [0.15, 0.2) is 17.7 Å². The molecule has 8 nitrogen and oxygen atoms in total. The number of thioether (sulfide) groups is 1. The number of rotatable bonds is 8. The fourth-order valence-corrected chi connectivity index (χ4v) is 3.92. The van der Waals surface area contributed by atoms with Gasteiger partial charge in [0.2, 0.25) is 0 Å². The van der Waals surface area contributed by atoms with Crippen molar-refractivity contribution in [2.45, 2.75) is 39.0 Å². The number of ketones is 1. The first kappa shape index (κ1) is 21.8.